The Bertz CT molecular complexity index is 193. The second-order valence-electron chi connectivity index (χ2n) is 4.78. The van der Waals surface area contributed by atoms with Crippen molar-refractivity contribution in [3.63, 3.8) is 0 Å². The first kappa shape index (κ1) is 10.5. The number of nitrogens with two attached hydrogens (primary N) is 1. The molecule has 1 aliphatic rings. The van der Waals surface area contributed by atoms with Gasteiger partial charge in [0.1, 0.15) is 0 Å². The molecular weight excluding hydrogens is 166 g/mol. The van der Waals surface area contributed by atoms with Gasteiger partial charge in [-0.3, -0.25) is 4.79 Å². The molecule has 3 nitrogen and oxygen atoms in total. The number of hydrogen-bond donors (Lipinski definition) is 1. The van der Waals surface area contributed by atoms with Gasteiger partial charge in [0.25, 0.3) is 0 Å². The molecule has 0 aromatic heterocycles. The van der Waals surface area contributed by atoms with Crippen LogP contribution >= 0.6 is 0 Å². The van der Waals surface area contributed by atoms with E-state index in [1.807, 2.05) is 0 Å². The fourth-order valence-electron chi connectivity index (χ4n) is 2.10. The summed E-state index contributed by atoms with van der Waals surface area (Å²) >= 11 is 0. The van der Waals surface area contributed by atoms with Crippen LogP contribution < -0.4 is 5.73 Å². The number of hydrogen-bond acceptors (Lipinski definition) is 3. The van der Waals surface area contributed by atoms with Crippen LogP contribution in [0.3, 0.4) is 0 Å². The SMILES string of the molecule is COC(=O)C[C@H](N)C1CC(C)(C)C1. The molecular formula is C10H19NO2. The Kier molecular flexibility index (Phi) is 2.96. The lowest BCUT2D eigenvalue weighted by atomic mass is 9.62. The molecule has 76 valence electrons. The van der Waals surface area contributed by atoms with Crippen LogP contribution in [0.25, 0.3) is 0 Å². The van der Waals surface area contributed by atoms with Gasteiger partial charge in [-0.05, 0) is 24.2 Å². The van der Waals surface area contributed by atoms with Crippen LogP contribution in [0.15, 0.2) is 0 Å². The Labute approximate surface area is 79.6 Å². The first-order valence-electron chi connectivity index (χ1n) is 4.77. The smallest absolute Gasteiger partial charge is 0.307 e. The average molecular weight is 185 g/mol. The first-order chi connectivity index (χ1) is 5.94. The minimum Gasteiger partial charge on any atom is -0.469 e. The summed E-state index contributed by atoms with van der Waals surface area (Å²) in [6.07, 6.45) is 2.62. The summed E-state index contributed by atoms with van der Waals surface area (Å²) in [6, 6.07) is -0.0134. The molecule has 0 aromatic carbocycles. The van der Waals surface area contributed by atoms with E-state index in [0.29, 0.717) is 17.8 Å². The van der Waals surface area contributed by atoms with Gasteiger partial charge in [0.2, 0.25) is 0 Å². The van der Waals surface area contributed by atoms with E-state index < -0.39 is 0 Å². The molecule has 0 amide bonds. The Balaban J connectivity index is 2.27. The largest absolute Gasteiger partial charge is 0.469 e. The van der Waals surface area contributed by atoms with Crippen LogP contribution in [0, 0.1) is 11.3 Å². The van der Waals surface area contributed by atoms with E-state index in [4.69, 9.17) is 5.73 Å². The van der Waals surface area contributed by atoms with Gasteiger partial charge in [0, 0.05) is 6.04 Å². The van der Waals surface area contributed by atoms with Gasteiger partial charge in [-0.25, -0.2) is 0 Å². The maximum absolute atomic E-state index is 10.9. The Morgan fingerprint density at radius 2 is 2.15 bits per heavy atom. The molecule has 13 heavy (non-hydrogen) atoms. The molecule has 0 aromatic rings. The molecule has 1 rings (SSSR count). The number of esters is 1. The maximum Gasteiger partial charge on any atom is 0.307 e. The summed E-state index contributed by atoms with van der Waals surface area (Å²) < 4.78 is 4.57. The Morgan fingerprint density at radius 1 is 1.62 bits per heavy atom. The zero-order chi connectivity index (χ0) is 10.1. The van der Waals surface area contributed by atoms with Gasteiger partial charge < -0.3 is 10.5 Å². The first-order valence-corrected chi connectivity index (χ1v) is 4.77. The number of rotatable bonds is 3. The van der Waals surface area contributed by atoms with Crippen molar-refractivity contribution in [3.8, 4) is 0 Å². The van der Waals surface area contributed by atoms with E-state index in [0.717, 1.165) is 12.8 Å². The van der Waals surface area contributed by atoms with Crippen molar-refractivity contribution in [1.29, 1.82) is 0 Å². The van der Waals surface area contributed by atoms with Gasteiger partial charge in [0.15, 0.2) is 0 Å². The van der Waals surface area contributed by atoms with Crippen LogP contribution in [0.1, 0.15) is 33.1 Å². The molecule has 0 heterocycles. The Morgan fingerprint density at radius 3 is 2.54 bits per heavy atom. The minimum atomic E-state index is -0.197. The van der Waals surface area contributed by atoms with Gasteiger partial charge >= 0.3 is 5.97 Å². The summed E-state index contributed by atoms with van der Waals surface area (Å²) in [5.74, 6) is 0.311. The van der Waals surface area contributed by atoms with E-state index in [1.165, 1.54) is 7.11 Å². The van der Waals surface area contributed by atoms with Crippen molar-refractivity contribution in [2.24, 2.45) is 17.1 Å². The highest BCUT2D eigenvalue weighted by Crippen LogP contribution is 2.46. The second kappa shape index (κ2) is 3.66. The van der Waals surface area contributed by atoms with Gasteiger partial charge in [-0.2, -0.15) is 0 Å². The molecule has 1 atom stereocenters. The summed E-state index contributed by atoms with van der Waals surface area (Å²) in [5, 5.41) is 0. The predicted octanol–water partition coefficient (Wildman–Crippen LogP) is 1.31. The summed E-state index contributed by atoms with van der Waals surface area (Å²) in [7, 11) is 1.40. The average Bonchev–Trinajstić information content (AvgIpc) is 1.99. The van der Waals surface area contributed by atoms with E-state index in [1.54, 1.807) is 0 Å². The third-order valence-electron chi connectivity index (χ3n) is 2.87. The number of ether oxygens (including phenoxy) is 1. The molecule has 1 fully saturated rings. The monoisotopic (exact) mass is 185 g/mol. The van der Waals surface area contributed by atoms with E-state index in [9.17, 15) is 4.79 Å². The predicted molar refractivity (Wildman–Crippen MR) is 51.1 cm³/mol. The molecule has 0 radical (unpaired) electrons. The third kappa shape index (κ3) is 2.69. The molecule has 0 saturated heterocycles. The fourth-order valence-corrected chi connectivity index (χ4v) is 2.10. The molecule has 1 saturated carbocycles. The number of methoxy groups -OCH3 is 1. The standard InChI is InChI=1S/C10H19NO2/c1-10(2)5-7(6-10)8(11)4-9(12)13-3/h7-8H,4-6,11H2,1-3H3/t8-/m0/s1. The lowest BCUT2D eigenvalue weighted by molar-refractivity contribution is -0.141. The fraction of sp³-hybridized carbons (Fsp3) is 0.900. The van der Waals surface area contributed by atoms with Crippen molar-refractivity contribution in [3.05, 3.63) is 0 Å². The number of carbonyl (C=O) groups is 1. The van der Waals surface area contributed by atoms with Crippen molar-refractivity contribution < 1.29 is 9.53 Å². The zero-order valence-corrected chi connectivity index (χ0v) is 8.67. The van der Waals surface area contributed by atoms with Gasteiger partial charge in [-0.1, -0.05) is 13.8 Å². The normalized spacial score (nSPS) is 23.4. The van der Waals surface area contributed by atoms with Gasteiger partial charge in [-0.15, -0.1) is 0 Å². The van der Waals surface area contributed by atoms with Crippen molar-refractivity contribution in [2.45, 2.75) is 39.2 Å². The summed E-state index contributed by atoms with van der Waals surface area (Å²) in [5.41, 5.74) is 6.30. The van der Waals surface area contributed by atoms with Crippen LogP contribution in [-0.2, 0) is 9.53 Å². The summed E-state index contributed by atoms with van der Waals surface area (Å²) in [6.45, 7) is 4.46. The third-order valence-corrected chi connectivity index (χ3v) is 2.87. The van der Waals surface area contributed by atoms with E-state index in [2.05, 4.69) is 18.6 Å². The molecule has 3 heteroatoms. The minimum absolute atomic E-state index is 0.0134. The number of carbonyl (C=O) groups excluding carboxylic acids is 1. The van der Waals surface area contributed by atoms with Crippen LogP contribution in [0.4, 0.5) is 0 Å². The highest BCUT2D eigenvalue weighted by atomic mass is 16.5. The van der Waals surface area contributed by atoms with Crippen molar-refractivity contribution in [2.75, 3.05) is 7.11 Å². The Hall–Kier alpha value is -0.570. The van der Waals surface area contributed by atoms with Crippen molar-refractivity contribution >= 4 is 5.97 Å². The van der Waals surface area contributed by atoms with Crippen LogP contribution in [-0.4, -0.2) is 19.1 Å². The molecule has 0 unspecified atom stereocenters. The van der Waals surface area contributed by atoms with Crippen molar-refractivity contribution in [1.82, 2.24) is 0 Å². The summed E-state index contributed by atoms with van der Waals surface area (Å²) in [4.78, 5) is 10.9. The van der Waals surface area contributed by atoms with E-state index in [-0.39, 0.29) is 12.0 Å². The highest BCUT2D eigenvalue weighted by Gasteiger charge is 2.39. The highest BCUT2D eigenvalue weighted by molar-refractivity contribution is 5.69. The quantitative estimate of drug-likeness (QED) is 0.674. The molecule has 0 bridgehead atoms. The lowest BCUT2D eigenvalue weighted by Crippen LogP contribution is -2.44. The van der Waals surface area contributed by atoms with Gasteiger partial charge in [0.05, 0.1) is 13.5 Å². The molecule has 0 spiro atoms. The second-order valence-corrected chi connectivity index (χ2v) is 4.78. The van der Waals surface area contributed by atoms with Crippen LogP contribution in [0.5, 0.6) is 0 Å². The molecule has 1 aliphatic carbocycles. The van der Waals surface area contributed by atoms with E-state index >= 15 is 0 Å². The zero-order valence-electron chi connectivity index (χ0n) is 8.67. The molecule has 0 aliphatic heterocycles. The molecule has 2 N–H and O–H groups in total. The lowest BCUT2D eigenvalue weighted by Gasteiger charge is -2.45. The van der Waals surface area contributed by atoms with Crippen LogP contribution in [0.2, 0.25) is 0 Å². The maximum atomic E-state index is 10.9. The topological polar surface area (TPSA) is 52.3 Å².